The summed E-state index contributed by atoms with van der Waals surface area (Å²) in [6, 6.07) is 19.2. The second-order valence-corrected chi connectivity index (χ2v) is 13.8. The molecule has 3 aromatic carbocycles. The summed E-state index contributed by atoms with van der Waals surface area (Å²) < 4.78 is 0. The van der Waals surface area contributed by atoms with Crippen LogP contribution in [0.3, 0.4) is 0 Å². The maximum atomic E-state index is 3.81. The van der Waals surface area contributed by atoms with Gasteiger partial charge in [0.2, 0.25) is 0 Å². The molecule has 1 spiro atoms. The fourth-order valence-corrected chi connectivity index (χ4v) is 8.60. The standard InChI is InChI=1S/C42H53N/c1-6-8-14-34-28-40-38(37(31(34)5)16-9-7-2)27-35-26-36(43-25-11-13-32-19-17-29(3)18-20-32)21-22-39(35)42(40)24-23-33-15-10-12-30(4)41(33)42/h10,15,17-22,26,28,30,43H,6-9,11-14,16,23-25,27H2,1-5H3. The lowest BCUT2D eigenvalue weighted by atomic mass is 9.59. The Morgan fingerprint density at radius 3 is 2.44 bits per heavy atom. The lowest BCUT2D eigenvalue weighted by molar-refractivity contribution is 0.501. The summed E-state index contributed by atoms with van der Waals surface area (Å²) in [5.74, 6) is 0.598. The van der Waals surface area contributed by atoms with E-state index in [-0.39, 0.29) is 5.41 Å². The minimum absolute atomic E-state index is 0.0298. The van der Waals surface area contributed by atoms with E-state index in [0.717, 1.165) is 25.8 Å². The predicted molar refractivity (Wildman–Crippen MR) is 186 cm³/mol. The minimum Gasteiger partial charge on any atom is -0.385 e. The Kier molecular flexibility index (Phi) is 8.99. The molecule has 1 nitrogen and oxygen atoms in total. The maximum absolute atomic E-state index is 3.81. The summed E-state index contributed by atoms with van der Waals surface area (Å²) in [6.07, 6.45) is 19.4. The summed E-state index contributed by atoms with van der Waals surface area (Å²) in [6.45, 7) is 12.8. The van der Waals surface area contributed by atoms with Crippen LogP contribution in [0.4, 0.5) is 5.69 Å². The van der Waals surface area contributed by atoms with Gasteiger partial charge in [0.15, 0.2) is 0 Å². The van der Waals surface area contributed by atoms with E-state index < -0.39 is 0 Å². The molecule has 6 rings (SSSR count). The lowest BCUT2D eigenvalue weighted by Gasteiger charge is -2.44. The summed E-state index contributed by atoms with van der Waals surface area (Å²) >= 11 is 0. The van der Waals surface area contributed by atoms with E-state index in [1.165, 1.54) is 74.6 Å². The maximum Gasteiger partial charge on any atom is 0.0428 e. The molecule has 0 saturated heterocycles. The summed E-state index contributed by atoms with van der Waals surface area (Å²) in [5, 5.41) is 3.81. The number of rotatable bonds is 11. The van der Waals surface area contributed by atoms with Crippen molar-refractivity contribution in [2.24, 2.45) is 5.92 Å². The zero-order chi connectivity index (χ0) is 30.0. The molecular formula is C42H53N. The third-order valence-electron chi connectivity index (χ3n) is 10.9. The fraction of sp³-hybridized carbons (Fsp3) is 0.476. The Bertz CT molecular complexity index is 1520. The smallest absolute Gasteiger partial charge is 0.0428 e. The number of hydrogen-bond acceptors (Lipinski definition) is 1. The number of nitrogens with one attached hydrogen (secondary N) is 1. The van der Waals surface area contributed by atoms with Crippen molar-refractivity contribution in [1.29, 1.82) is 0 Å². The van der Waals surface area contributed by atoms with Crippen molar-refractivity contribution in [3.63, 3.8) is 0 Å². The molecule has 0 saturated carbocycles. The lowest BCUT2D eigenvalue weighted by Crippen LogP contribution is -2.37. The van der Waals surface area contributed by atoms with Crippen molar-refractivity contribution < 1.29 is 0 Å². The van der Waals surface area contributed by atoms with Crippen LogP contribution in [-0.2, 0) is 31.1 Å². The molecule has 3 aromatic rings. The van der Waals surface area contributed by atoms with Gasteiger partial charge in [0.1, 0.15) is 0 Å². The third kappa shape index (κ3) is 5.65. The molecular weight excluding hydrogens is 518 g/mol. The van der Waals surface area contributed by atoms with Gasteiger partial charge in [-0.1, -0.05) is 87.7 Å². The Labute approximate surface area is 261 Å². The molecule has 1 heteroatoms. The van der Waals surface area contributed by atoms with Gasteiger partial charge in [0.05, 0.1) is 0 Å². The van der Waals surface area contributed by atoms with Crippen LogP contribution in [0, 0.1) is 19.8 Å². The van der Waals surface area contributed by atoms with Gasteiger partial charge in [-0.05, 0) is 152 Å². The first kappa shape index (κ1) is 30.0. The molecule has 0 aliphatic heterocycles. The van der Waals surface area contributed by atoms with Gasteiger partial charge in [-0.3, -0.25) is 0 Å². The Balaban J connectivity index is 1.40. The highest BCUT2D eigenvalue weighted by Gasteiger charge is 2.49. The predicted octanol–water partition coefficient (Wildman–Crippen LogP) is 10.9. The highest BCUT2D eigenvalue weighted by Crippen LogP contribution is 2.59. The van der Waals surface area contributed by atoms with Crippen LogP contribution >= 0.6 is 0 Å². The summed E-state index contributed by atoms with van der Waals surface area (Å²) in [7, 11) is 0. The number of benzene rings is 3. The van der Waals surface area contributed by atoms with Crippen molar-refractivity contribution in [3.05, 3.63) is 122 Å². The number of unbranched alkanes of at least 4 members (excludes halogenated alkanes) is 2. The first-order chi connectivity index (χ1) is 21.0. The number of aryl methyl sites for hydroxylation is 3. The van der Waals surface area contributed by atoms with Crippen LogP contribution in [0.5, 0.6) is 0 Å². The molecule has 3 aliphatic carbocycles. The largest absolute Gasteiger partial charge is 0.385 e. The van der Waals surface area contributed by atoms with Gasteiger partial charge >= 0.3 is 0 Å². The number of fused-ring (bicyclic) bond motifs is 5. The van der Waals surface area contributed by atoms with Gasteiger partial charge < -0.3 is 5.32 Å². The zero-order valence-electron chi connectivity index (χ0n) is 27.5. The number of anilines is 1. The van der Waals surface area contributed by atoms with Crippen molar-refractivity contribution in [2.75, 3.05) is 11.9 Å². The molecule has 0 fully saturated rings. The molecule has 1 N–H and O–H groups in total. The van der Waals surface area contributed by atoms with E-state index in [4.69, 9.17) is 0 Å². The SMILES string of the molecule is CCCCc1cc2c(c(CCCC)c1C)Cc1cc(NCCCc3ccc(C)cc3)ccc1C21CCC2=C1C(C)CC=C2. The number of allylic oxidation sites excluding steroid dienone is 4. The van der Waals surface area contributed by atoms with Crippen LogP contribution in [0.15, 0.2) is 71.8 Å². The first-order valence-corrected chi connectivity index (χ1v) is 17.4. The molecule has 0 heterocycles. The second-order valence-electron chi connectivity index (χ2n) is 13.8. The van der Waals surface area contributed by atoms with Gasteiger partial charge in [-0.2, -0.15) is 0 Å². The molecule has 0 amide bonds. The monoisotopic (exact) mass is 571 g/mol. The van der Waals surface area contributed by atoms with Gasteiger partial charge in [-0.25, -0.2) is 0 Å². The van der Waals surface area contributed by atoms with Crippen molar-refractivity contribution >= 4 is 5.69 Å². The van der Waals surface area contributed by atoms with E-state index in [0.29, 0.717) is 5.92 Å². The Hall–Kier alpha value is -3.06. The molecule has 226 valence electrons. The fourth-order valence-electron chi connectivity index (χ4n) is 8.60. The van der Waals surface area contributed by atoms with E-state index in [2.05, 4.69) is 101 Å². The van der Waals surface area contributed by atoms with Gasteiger partial charge in [0.25, 0.3) is 0 Å². The van der Waals surface area contributed by atoms with Gasteiger partial charge in [0, 0.05) is 17.6 Å². The second kappa shape index (κ2) is 12.9. The molecule has 0 radical (unpaired) electrons. The molecule has 2 atom stereocenters. The zero-order valence-corrected chi connectivity index (χ0v) is 27.5. The van der Waals surface area contributed by atoms with Crippen molar-refractivity contribution in [2.45, 2.75) is 117 Å². The Morgan fingerprint density at radius 2 is 1.65 bits per heavy atom. The quantitative estimate of drug-likeness (QED) is 0.226. The number of hydrogen-bond donors (Lipinski definition) is 1. The highest BCUT2D eigenvalue weighted by molar-refractivity contribution is 5.68. The minimum atomic E-state index is 0.0298. The normalized spacial score (nSPS) is 20.3. The van der Waals surface area contributed by atoms with Crippen LogP contribution in [-0.4, -0.2) is 6.54 Å². The van der Waals surface area contributed by atoms with Crippen LogP contribution in [0.25, 0.3) is 0 Å². The highest BCUT2D eigenvalue weighted by atomic mass is 14.9. The van der Waals surface area contributed by atoms with Crippen molar-refractivity contribution in [3.8, 4) is 0 Å². The van der Waals surface area contributed by atoms with Crippen LogP contribution < -0.4 is 5.32 Å². The average molecular weight is 572 g/mol. The van der Waals surface area contributed by atoms with E-state index in [1.807, 2.05) is 0 Å². The molecule has 3 aliphatic rings. The van der Waals surface area contributed by atoms with E-state index in [1.54, 1.807) is 50.1 Å². The van der Waals surface area contributed by atoms with Crippen molar-refractivity contribution in [1.82, 2.24) is 0 Å². The Morgan fingerprint density at radius 1 is 0.860 bits per heavy atom. The first-order valence-electron chi connectivity index (χ1n) is 17.4. The summed E-state index contributed by atoms with van der Waals surface area (Å²) in [4.78, 5) is 0. The van der Waals surface area contributed by atoms with Crippen LogP contribution in [0.2, 0.25) is 0 Å². The topological polar surface area (TPSA) is 12.0 Å². The van der Waals surface area contributed by atoms with E-state index >= 15 is 0 Å². The van der Waals surface area contributed by atoms with E-state index in [9.17, 15) is 0 Å². The average Bonchev–Trinajstić information content (AvgIpc) is 3.40. The third-order valence-corrected chi connectivity index (χ3v) is 10.9. The van der Waals surface area contributed by atoms with Gasteiger partial charge in [-0.15, -0.1) is 0 Å². The van der Waals surface area contributed by atoms with Crippen LogP contribution in [0.1, 0.15) is 122 Å². The molecule has 2 unspecified atom stereocenters. The summed E-state index contributed by atoms with van der Waals surface area (Å²) in [5.41, 5.74) is 18.9. The molecule has 0 bridgehead atoms. The molecule has 0 aromatic heterocycles. The molecule has 43 heavy (non-hydrogen) atoms.